The van der Waals surface area contributed by atoms with Crippen LogP contribution in [0.2, 0.25) is 0 Å². The van der Waals surface area contributed by atoms with E-state index in [0.717, 1.165) is 41.8 Å². The first kappa shape index (κ1) is 19.4. The summed E-state index contributed by atoms with van der Waals surface area (Å²) in [5.41, 5.74) is 3.11. The van der Waals surface area contributed by atoms with E-state index >= 15 is 0 Å². The van der Waals surface area contributed by atoms with Crippen LogP contribution in [0.1, 0.15) is 24.5 Å². The summed E-state index contributed by atoms with van der Waals surface area (Å²) in [6.07, 6.45) is 2.84. The Morgan fingerprint density at radius 1 is 1.29 bits per heavy atom. The number of aromatic nitrogens is 1. The van der Waals surface area contributed by atoms with Crippen LogP contribution in [0, 0.1) is 6.92 Å². The lowest BCUT2D eigenvalue weighted by atomic mass is 10.1. The molecule has 28 heavy (non-hydrogen) atoms. The monoisotopic (exact) mass is 413 g/mol. The van der Waals surface area contributed by atoms with Crippen LogP contribution in [0.25, 0.3) is 17.0 Å². The first-order valence-electron chi connectivity index (χ1n) is 9.56. The zero-order valence-corrected chi connectivity index (χ0v) is 17.7. The van der Waals surface area contributed by atoms with Crippen LogP contribution in [0.15, 0.2) is 29.2 Å². The quantitative estimate of drug-likeness (QED) is 0.558. The predicted octanol–water partition coefficient (Wildman–Crippen LogP) is 3.99. The van der Waals surface area contributed by atoms with Crippen molar-refractivity contribution in [1.29, 1.82) is 0 Å². The number of carbonyl (C=O) groups excluding carboxylic acids is 1. The van der Waals surface area contributed by atoms with E-state index in [2.05, 4.69) is 36.1 Å². The summed E-state index contributed by atoms with van der Waals surface area (Å²) in [6.45, 7) is 7.74. The molecule has 3 heterocycles. The molecule has 2 aromatic rings. The number of hydrogen-bond donors (Lipinski definition) is 0. The Morgan fingerprint density at radius 2 is 2.07 bits per heavy atom. The average molecular weight is 414 g/mol. The molecule has 0 aliphatic carbocycles. The third-order valence-electron chi connectivity index (χ3n) is 4.90. The molecule has 2 fully saturated rings. The van der Waals surface area contributed by atoms with E-state index in [1.807, 2.05) is 13.0 Å². The van der Waals surface area contributed by atoms with Gasteiger partial charge in [0, 0.05) is 30.6 Å². The number of morpholine rings is 1. The number of fused-ring (bicyclic) bond motifs is 1. The van der Waals surface area contributed by atoms with Crippen LogP contribution < -0.4 is 4.90 Å². The molecule has 0 radical (unpaired) electrons. The van der Waals surface area contributed by atoms with Gasteiger partial charge in [-0.1, -0.05) is 42.5 Å². The summed E-state index contributed by atoms with van der Waals surface area (Å²) >= 11 is 6.79. The molecule has 7 heteroatoms. The van der Waals surface area contributed by atoms with Crippen molar-refractivity contribution in [3.05, 3.63) is 40.3 Å². The summed E-state index contributed by atoms with van der Waals surface area (Å²) < 4.78 is 6.14. The summed E-state index contributed by atoms with van der Waals surface area (Å²) in [5.74, 6) is 0.898. The number of hydrogen-bond acceptors (Lipinski definition) is 6. The topological polar surface area (TPSA) is 45.7 Å². The van der Waals surface area contributed by atoms with Crippen molar-refractivity contribution < 1.29 is 9.53 Å². The maximum Gasteiger partial charge on any atom is 0.266 e. The second-order valence-electron chi connectivity index (χ2n) is 7.03. The van der Waals surface area contributed by atoms with Gasteiger partial charge in [0.25, 0.3) is 5.91 Å². The SMILES string of the molecule is CCCN1C(=O)C(=Cc2cc3cc(C)ccc3nc2N2CCOCC2)SC1=S. The number of carbonyl (C=O) groups is 1. The average Bonchev–Trinajstić information content (AvgIpc) is 2.96. The van der Waals surface area contributed by atoms with Gasteiger partial charge in [-0.3, -0.25) is 9.69 Å². The second kappa shape index (κ2) is 8.19. The number of anilines is 1. The van der Waals surface area contributed by atoms with E-state index in [1.165, 1.54) is 17.3 Å². The van der Waals surface area contributed by atoms with Crippen molar-refractivity contribution >= 4 is 57.0 Å². The van der Waals surface area contributed by atoms with Gasteiger partial charge in [0.05, 0.1) is 23.6 Å². The highest BCUT2D eigenvalue weighted by Crippen LogP contribution is 2.35. The first-order valence-corrected chi connectivity index (χ1v) is 10.8. The van der Waals surface area contributed by atoms with Crippen LogP contribution in [0.4, 0.5) is 5.82 Å². The highest BCUT2D eigenvalue weighted by atomic mass is 32.2. The molecule has 0 bridgehead atoms. The molecule has 4 rings (SSSR count). The molecule has 1 aromatic carbocycles. The minimum Gasteiger partial charge on any atom is -0.378 e. The minimum atomic E-state index is -0.00545. The molecule has 1 amide bonds. The highest BCUT2D eigenvalue weighted by Gasteiger charge is 2.31. The van der Waals surface area contributed by atoms with Gasteiger partial charge >= 0.3 is 0 Å². The molecular weight excluding hydrogens is 390 g/mol. The molecule has 0 saturated carbocycles. The molecule has 2 aliphatic heterocycles. The van der Waals surface area contributed by atoms with E-state index in [0.29, 0.717) is 29.0 Å². The van der Waals surface area contributed by atoms with Crippen LogP contribution in [0.3, 0.4) is 0 Å². The van der Waals surface area contributed by atoms with Crippen molar-refractivity contribution in [2.24, 2.45) is 0 Å². The van der Waals surface area contributed by atoms with Crippen LogP contribution >= 0.6 is 24.0 Å². The summed E-state index contributed by atoms with van der Waals surface area (Å²) in [7, 11) is 0. The van der Waals surface area contributed by atoms with E-state index in [9.17, 15) is 4.79 Å². The molecule has 1 aromatic heterocycles. The van der Waals surface area contributed by atoms with E-state index in [4.69, 9.17) is 21.9 Å². The van der Waals surface area contributed by atoms with E-state index in [-0.39, 0.29) is 5.91 Å². The summed E-state index contributed by atoms with van der Waals surface area (Å²) in [4.78, 5) is 22.4. The third-order valence-corrected chi connectivity index (χ3v) is 6.27. The van der Waals surface area contributed by atoms with E-state index in [1.54, 1.807) is 4.90 Å². The number of nitrogens with zero attached hydrogens (tertiary/aromatic N) is 3. The molecule has 0 atom stereocenters. The lowest BCUT2D eigenvalue weighted by Gasteiger charge is -2.29. The van der Waals surface area contributed by atoms with Gasteiger partial charge in [0.15, 0.2) is 0 Å². The number of ether oxygens (including phenoxy) is 1. The Bertz CT molecular complexity index is 968. The Balaban J connectivity index is 1.80. The van der Waals surface area contributed by atoms with Gasteiger partial charge in [-0.15, -0.1) is 0 Å². The molecule has 2 aliphatic rings. The maximum absolute atomic E-state index is 12.8. The standard InChI is InChI=1S/C21H23N3O2S2/c1-3-6-24-20(25)18(28-21(24)27)13-16-12-15-11-14(2)4-5-17(15)22-19(16)23-7-9-26-10-8-23/h4-5,11-13H,3,6-10H2,1-2H3. The number of thioether (sulfide) groups is 1. The Morgan fingerprint density at radius 3 is 2.82 bits per heavy atom. The van der Waals surface area contributed by atoms with E-state index < -0.39 is 0 Å². The fraction of sp³-hybridized carbons (Fsp3) is 0.381. The van der Waals surface area contributed by atoms with Gasteiger partial charge in [0.2, 0.25) is 0 Å². The smallest absolute Gasteiger partial charge is 0.266 e. The first-order chi connectivity index (χ1) is 13.6. The Kier molecular flexibility index (Phi) is 5.66. The summed E-state index contributed by atoms with van der Waals surface area (Å²) in [5, 5.41) is 1.08. The van der Waals surface area contributed by atoms with Crippen LogP contribution in [-0.4, -0.2) is 53.0 Å². The van der Waals surface area contributed by atoms with Crippen LogP contribution in [0.5, 0.6) is 0 Å². The van der Waals surface area contributed by atoms with Crippen molar-refractivity contribution in [3.63, 3.8) is 0 Å². The Labute approximate surface area is 174 Å². The fourth-order valence-electron chi connectivity index (χ4n) is 3.49. The highest BCUT2D eigenvalue weighted by molar-refractivity contribution is 8.26. The lowest BCUT2D eigenvalue weighted by molar-refractivity contribution is -0.122. The van der Waals surface area contributed by atoms with Crippen molar-refractivity contribution in [2.75, 3.05) is 37.7 Å². The zero-order chi connectivity index (χ0) is 19.7. The van der Waals surface area contributed by atoms with Gasteiger partial charge in [-0.2, -0.15) is 0 Å². The van der Waals surface area contributed by atoms with Gasteiger partial charge in [-0.05, 0) is 37.6 Å². The molecule has 0 spiro atoms. The Hall–Kier alpha value is -1.96. The molecule has 146 valence electrons. The van der Waals surface area contributed by atoms with Gasteiger partial charge in [-0.25, -0.2) is 4.98 Å². The van der Waals surface area contributed by atoms with Gasteiger partial charge in [0.1, 0.15) is 10.1 Å². The molecule has 0 unspecified atom stereocenters. The summed E-state index contributed by atoms with van der Waals surface area (Å²) in [6, 6.07) is 8.39. The minimum absolute atomic E-state index is 0.00545. The number of rotatable bonds is 4. The lowest BCUT2D eigenvalue weighted by Crippen LogP contribution is -2.37. The number of aryl methyl sites for hydroxylation is 1. The third kappa shape index (κ3) is 3.79. The zero-order valence-electron chi connectivity index (χ0n) is 16.1. The van der Waals surface area contributed by atoms with Crippen molar-refractivity contribution in [3.8, 4) is 0 Å². The molecule has 0 N–H and O–H groups in total. The second-order valence-corrected chi connectivity index (χ2v) is 8.71. The largest absolute Gasteiger partial charge is 0.378 e. The van der Waals surface area contributed by atoms with Gasteiger partial charge < -0.3 is 9.64 Å². The molecule has 5 nitrogen and oxygen atoms in total. The van der Waals surface area contributed by atoms with Crippen molar-refractivity contribution in [2.45, 2.75) is 20.3 Å². The molecule has 2 saturated heterocycles. The van der Waals surface area contributed by atoms with Crippen molar-refractivity contribution in [1.82, 2.24) is 9.88 Å². The number of thiocarbonyl (C=S) groups is 1. The number of pyridine rings is 1. The normalized spacial score (nSPS) is 19.3. The number of amides is 1. The molecular formula is C21H23N3O2S2. The maximum atomic E-state index is 12.8. The van der Waals surface area contributed by atoms with Crippen LogP contribution in [-0.2, 0) is 9.53 Å². The fourth-order valence-corrected chi connectivity index (χ4v) is 4.79. The number of benzene rings is 1. The predicted molar refractivity (Wildman–Crippen MR) is 120 cm³/mol.